The zero-order valence-corrected chi connectivity index (χ0v) is 29.1. The molecular weight excluding hydrogens is 663 g/mol. The van der Waals surface area contributed by atoms with Crippen LogP contribution in [-0.2, 0) is 0 Å². The van der Waals surface area contributed by atoms with Gasteiger partial charge in [0, 0.05) is 44.5 Å². The lowest BCUT2D eigenvalue weighted by molar-refractivity contribution is 0.622. The Bertz CT molecular complexity index is 3140. The second kappa shape index (κ2) is 12.1. The van der Waals surface area contributed by atoms with Crippen LogP contribution in [0.4, 0.5) is 17.1 Å². The van der Waals surface area contributed by atoms with Gasteiger partial charge in [0.2, 0.25) is 5.89 Å². The van der Waals surface area contributed by atoms with Crippen LogP contribution in [0.15, 0.2) is 197 Å². The Balaban J connectivity index is 1.01. The molecule has 5 heteroatoms. The van der Waals surface area contributed by atoms with Crippen LogP contribution in [0.3, 0.4) is 0 Å². The van der Waals surface area contributed by atoms with E-state index in [1.54, 1.807) is 0 Å². The fourth-order valence-electron chi connectivity index (χ4n) is 7.91. The summed E-state index contributed by atoms with van der Waals surface area (Å²) >= 11 is 0. The van der Waals surface area contributed by atoms with Crippen LogP contribution < -0.4 is 4.90 Å². The molecule has 0 aliphatic rings. The Morgan fingerprint density at radius 1 is 0.426 bits per heavy atom. The van der Waals surface area contributed by atoms with Crippen molar-refractivity contribution < 1.29 is 8.83 Å². The van der Waals surface area contributed by atoms with Gasteiger partial charge in [-0.1, -0.05) is 91.0 Å². The summed E-state index contributed by atoms with van der Waals surface area (Å²) in [7, 11) is 0. The maximum Gasteiger partial charge on any atom is 0.227 e. The van der Waals surface area contributed by atoms with Gasteiger partial charge >= 0.3 is 0 Å². The van der Waals surface area contributed by atoms with E-state index in [1.165, 1.54) is 21.8 Å². The van der Waals surface area contributed by atoms with Gasteiger partial charge in [0.25, 0.3) is 0 Å². The maximum absolute atomic E-state index is 6.40. The Labute approximate surface area is 310 Å². The summed E-state index contributed by atoms with van der Waals surface area (Å²) < 4.78 is 15.1. The quantitative estimate of drug-likeness (QED) is 0.174. The largest absolute Gasteiger partial charge is 0.456 e. The van der Waals surface area contributed by atoms with Crippen LogP contribution >= 0.6 is 0 Å². The zero-order valence-electron chi connectivity index (χ0n) is 29.1. The molecular formula is C49H31N3O2. The molecule has 3 heterocycles. The highest BCUT2D eigenvalue weighted by molar-refractivity contribution is 6.17. The predicted molar refractivity (Wildman–Crippen MR) is 221 cm³/mol. The van der Waals surface area contributed by atoms with Crippen LogP contribution in [0.2, 0.25) is 0 Å². The van der Waals surface area contributed by atoms with Crippen LogP contribution in [0.25, 0.3) is 83.1 Å². The summed E-state index contributed by atoms with van der Waals surface area (Å²) in [6.45, 7) is 0. The second-order valence-electron chi connectivity index (χ2n) is 13.6. The van der Waals surface area contributed by atoms with E-state index in [9.17, 15) is 0 Å². The molecule has 254 valence electrons. The number of furan rings is 1. The first-order valence-corrected chi connectivity index (χ1v) is 18.1. The molecule has 0 atom stereocenters. The first kappa shape index (κ1) is 30.3. The third-order valence-electron chi connectivity index (χ3n) is 10.4. The summed E-state index contributed by atoms with van der Waals surface area (Å²) in [4.78, 5) is 7.14. The van der Waals surface area contributed by atoms with Gasteiger partial charge in [-0.3, -0.25) is 0 Å². The van der Waals surface area contributed by atoms with Crippen molar-refractivity contribution in [2.75, 3.05) is 4.90 Å². The fourth-order valence-corrected chi connectivity index (χ4v) is 7.91. The highest BCUT2D eigenvalue weighted by Crippen LogP contribution is 2.42. The molecule has 0 radical (unpaired) electrons. The van der Waals surface area contributed by atoms with Gasteiger partial charge in [0.1, 0.15) is 16.7 Å². The fraction of sp³-hybridized carbons (Fsp3) is 0. The summed E-state index contributed by atoms with van der Waals surface area (Å²) in [5.41, 5.74) is 13.1. The minimum Gasteiger partial charge on any atom is -0.456 e. The molecule has 11 rings (SSSR count). The van der Waals surface area contributed by atoms with Crippen molar-refractivity contribution in [2.24, 2.45) is 0 Å². The molecule has 8 aromatic carbocycles. The van der Waals surface area contributed by atoms with Crippen LogP contribution in [0, 0.1) is 0 Å². The highest BCUT2D eigenvalue weighted by Gasteiger charge is 2.19. The first-order chi connectivity index (χ1) is 26.8. The van der Waals surface area contributed by atoms with E-state index in [2.05, 4.69) is 155 Å². The topological polar surface area (TPSA) is 47.3 Å². The summed E-state index contributed by atoms with van der Waals surface area (Å²) in [6.07, 6.45) is 0. The van der Waals surface area contributed by atoms with Crippen molar-refractivity contribution in [3.05, 3.63) is 188 Å². The van der Waals surface area contributed by atoms with Gasteiger partial charge < -0.3 is 18.3 Å². The number of oxazole rings is 1. The molecule has 0 N–H and O–H groups in total. The van der Waals surface area contributed by atoms with E-state index >= 15 is 0 Å². The monoisotopic (exact) mass is 693 g/mol. The number of hydrogen-bond acceptors (Lipinski definition) is 4. The minimum absolute atomic E-state index is 0.600. The van der Waals surface area contributed by atoms with Gasteiger partial charge in [-0.05, 0) is 108 Å². The van der Waals surface area contributed by atoms with E-state index in [0.29, 0.717) is 5.89 Å². The van der Waals surface area contributed by atoms with Gasteiger partial charge in [0.15, 0.2) is 5.58 Å². The van der Waals surface area contributed by atoms with Crippen LogP contribution in [0.1, 0.15) is 0 Å². The van der Waals surface area contributed by atoms with E-state index in [1.807, 2.05) is 42.5 Å². The van der Waals surface area contributed by atoms with E-state index in [0.717, 1.165) is 72.5 Å². The SMILES string of the molecule is c1ccc(-c2nc3ccc4oc5ccc(-c6ccc(N(c7ccccc7)c7ccc8c(c7)c7ccccc7n8-c7ccccc7)cc6)cc5c4c3o2)cc1. The Kier molecular flexibility index (Phi) is 6.79. The summed E-state index contributed by atoms with van der Waals surface area (Å²) in [6, 6.07) is 65.8. The molecule has 3 aromatic heterocycles. The van der Waals surface area contributed by atoms with Crippen molar-refractivity contribution in [2.45, 2.75) is 0 Å². The average Bonchev–Trinajstić information content (AvgIpc) is 3.94. The van der Waals surface area contributed by atoms with Crippen molar-refractivity contribution in [3.63, 3.8) is 0 Å². The number of para-hydroxylation sites is 3. The molecule has 11 aromatic rings. The maximum atomic E-state index is 6.40. The normalized spacial score (nSPS) is 11.7. The Morgan fingerprint density at radius 3 is 1.89 bits per heavy atom. The third kappa shape index (κ3) is 4.83. The highest BCUT2D eigenvalue weighted by atomic mass is 16.4. The Morgan fingerprint density at radius 2 is 1.07 bits per heavy atom. The number of aromatic nitrogens is 2. The van der Waals surface area contributed by atoms with Gasteiger partial charge in [0.05, 0.1) is 16.4 Å². The molecule has 0 aliphatic carbocycles. The zero-order chi connectivity index (χ0) is 35.6. The molecule has 0 saturated carbocycles. The molecule has 0 fully saturated rings. The summed E-state index contributed by atoms with van der Waals surface area (Å²) in [5.74, 6) is 0.600. The number of anilines is 3. The average molecular weight is 694 g/mol. The first-order valence-electron chi connectivity index (χ1n) is 18.1. The molecule has 5 nitrogen and oxygen atoms in total. The lowest BCUT2D eigenvalue weighted by Gasteiger charge is -2.26. The van der Waals surface area contributed by atoms with E-state index < -0.39 is 0 Å². The lowest BCUT2D eigenvalue weighted by atomic mass is 10.0. The molecule has 0 bridgehead atoms. The molecule has 0 amide bonds. The number of rotatable bonds is 6. The van der Waals surface area contributed by atoms with Crippen LogP contribution in [0.5, 0.6) is 0 Å². The number of benzene rings is 8. The molecule has 0 spiro atoms. The van der Waals surface area contributed by atoms with Crippen molar-refractivity contribution in [3.8, 4) is 28.3 Å². The lowest BCUT2D eigenvalue weighted by Crippen LogP contribution is -2.09. The number of nitrogens with zero attached hydrogens (tertiary/aromatic N) is 3. The molecule has 0 aliphatic heterocycles. The van der Waals surface area contributed by atoms with Gasteiger partial charge in [-0.25, -0.2) is 4.98 Å². The van der Waals surface area contributed by atoms with Crippen molar-refractivity contribution in [1.82, 2.24) is 9.55 Å². The van der Waals surface area contributed by atoms with E-state index in [4.69, 9.17) is 13.8 Å². The standard InChI is InChI=1S/C49H31N3O2/c1-4-12-33(13-5-1)49-50-42-26-29-46-47(48(42)54-49)41-30-34(22-28-45(41)53-46)32-20-23-37(24-21-32)51(35-14-6-2-7-15-35)38-25-27-44-40(31-38)39-18-10-11-19-43(39)52(44)36-16-8-3-9-17-36/h1-31H. The number of fused-ring (bicyclic) bond motifs is 8. The minimum atomic E-state index is 0.600. The van der Waals surface area contributed by atoms with Crippen LogP contribution in [-0.4, -0.2) is 9.55 Å². The van der Waals surface area contributed by atoms with Gasteiger partial charge in [-0.15, -0.1) is 0 Å². The molecule has 0 saturated heterocycles. The smallest absolute Gasteiger partial charge is 0.227 e. The third-order valence-corrected chi connectivity index (χ3v) is 10.4. The number of hydrogen-bond donors (Lipinski definition) is 0. The second-order valence-corrected chi connectivity index (χ2v) is 13.6. The van der Waals surface area contributed by atoms with Gasteiger partial charge in [-0.2, -0.15) is 0 Å². The van der Waals surface area contributed by atoms with Crippen molar-refractivity contribution in [1.29, 1.82) is 0 Å². The van der Waals surface area contributed by atoms with Crippen molar-refractivity contribution >= 4 is 71.9 Å². The molecule has 0 unspecified atom stereocenters. The Hall–Kier alpha value is -7.37. The molecule has 54 heavy (non-hydrogen) atoms. The summed E-state index contributed by atoms with van der Waals surface area (Å²) in [5, 5.41) is 4.38. The van der Waals surface area contributed by atoms with E-state index in [-0.39, 0.29) is 0 Å². The predicted octanol–water partition coefficient (Wildman–Crippen LogP) is 13.6.